The molecule has 1 N–H and O–H groups in total. The van der Waals surface area contributed by atoms with Crippen LogP contribution in [0.5, 0.6) is 0 Å². The molecule has 1 amide bonds. The number of anilines is 2. The highest BCUT2D eigenvalue weighted by molar-refractivity contribution is 9.10. The van der Waals surface area contributed by atoms with Gasteiger partial charge >= 0.3 is 0 Å². The molecule has 3 nitrogen and oxygen atoms in total. The molecule has 1 heterocycles. The summed E-state index contributed by atoms with van der Waals surface area (Å²) >= 11 is 9.77. The van der Waals surface area contributed by atoms with Crippen molar-refractivity contribution < 1.29 is 4.79 Å². The maximum Gasteiger partial charge on any atom is 0.262 e. The van der Waals surface area contributed by atoms with Gasteiger partial charge in [-0.1, -0.05) is 63.9 Å². The minimum atomic E-state index is -0.337. The molecule has 0 unspecified atom stereocenters. The van der Waals surface area contributed by atoms with Crippen molar-refractivity contribution >= 4 is 44.8 Å². The maximum absolute atomic E-state index is 13.3. The van der Waals surface area contributed by atoms with Crippen molar-refractivity contribution in [2.45, 2.75) is 6.17 Å². The lowest BCUT2D eigenvalue weighted by molar-refractivity contribution is 0.0975. The second-order valence-electron chi connectivity index (χ2n) is 5.77. The van der Waals surface area contributed by atoms with Crippen LogP contribution < -0.4 is 10.2 Å². The predicted molar refractivity (Wildman–Crippen MR) is 105 cm³/mol. The van der Waals surface area contributed by atoms with Crippen LogP contribution in [0.25, 0.3) is 0 Å². The van der Waals surface area contributed by atoms with Crippen LogP contribution in [0, 0.1) is 0 Å². The Morgan fingerprint density at radius 1 is 0.960 bits per heavy atom. The van der Waals surface area contributed by atoms with Crippen LogP contribution in [0.15, 0.2) is 77.3 Å². The van der Waals surface area contributed by atoms with E-state index >= 15 is 0 Å². The third-order valence-corrected chi connectivity index (χ3v) is 5.17. The van der Waals surface area contributed by atoms with Gasteiger partial charge in [0.25, 0.3) is 5.91 Å². The topological polar surface area (TPSA) is 32.3 Å². The van der Waals surface area contributed by atoms with Crippen molar-refractivity contribution in [3.63, 3.8) is 0 Å². The fourth-order valence-corrected chi connectivity index (χ4v) is 3.75. The van der Waals surface area contributed by atoms with Crippen LogP contribution in [-0.4, -0.2) is 5.91 Å². The fraction of sp³-hybridized carbons (Fsp3) is 0.0500. The Bertz CT molecular complexity index is 960. The van der Waals surface area contributed by atoms with E-state index in [1.54, 1.807) is 17.0 Å². The lowest BCUT2D eigenvalue weighted by atomic mass is 10.0. The van der Waals surface area contributed by atoms with Gasteiger partial charge in [-0.2, -0.15) is 0 Å². The molecule has 3 aromatic rings. The minimum absolute atomic E-state index is 0.0580. The molecule has 124 valence electrons. The molecule has 0 aliphatic carbocycles. The largest absolute Gasteiger partial charge is 0.360 e. The molecule has 1 aliphatic heterocycles. The number of halogens is 2. The number of para-hydroxylation sites is 1. The van der Waals surface area contributed by atoms with Crippen molar-refractivity contribution in [3.05, 3.63) is 93.4 Å². The lowest BCUT2D eigenvalue weighted by Crippen LogP contribution is -2.43. The van der Waals surface area contributed by atoms with Gasteiger partial charge < -0.3 is 5.32 Å². The van der Waals surface area contributed by atoms with Gasteiger partial charge in [-0.15, -0.1) is 0 Å². The molecule has 0 radical (unpaired) electrons. The van der Waals surface area contributed by atoms with Gasteiger partial charge in [-0.3, -0.25) is 9.69 Å². The maximum atomic E-state index is 13.3. The van der Waals surface area contributed by atoms with Gasteiger partial charge in [0.1, 0.15) is 6.17 Å². The van der Waals surface area contributed by atoms with Crippen LogP contribution in [0.2, 0.25) is 5.02 Å². The molecule has 3 aromatic carbocycles. The molecule has 0 saturated carbocycles. The SMILES string of the molecule is O=C1c2ccccc2N[C@@H](c2ccccc2Br)N1c1cccc(Cl)c1. The van der Waals surface area contributed by atoms with Crippen LogP contribution in [-0.2, 0) is 0 Å². The number of carbonyl (C=O) groups excluding carboxylic acids is 1. The van der Waals surface area contributed by atoms with E-state index in [9.17, 15) is 4.79 Å². The zero-order chi connectivity index (χ0) is 17.4. The van der Waals surface area contributed by atoms with Crippen LogP contribution in [0.1, 0.15) is 22.1 Å². The summed E-state index contributed by atoms with van der Waals surface area (Å²) < 4.78 is 0.937. The summed E-state index contributed by atoms with van der Waals surface area (Å²) in [5.74, 6) is -0.0580. The molecular weight excluding hydrogens is 400 g/mol. The number of benzene rings is 3. The molecule has 1 atom stereocenters. The van der Waals surface area contributed by atoms with Crippen LogP contribution >= 0.6 is 27.5 Å². The predicted octanol–water partition coefficient (Wildman–Crippen LogP) is 5.87. The van der Waals surface area contributed by atoms with Crippen molar-refractivity contribution in [1.82, 2.24) is 0 Å². The third kappa shape index (κ3) is 2.92. The number of rotatable bonds is 2. The van der Waals surface area contributed by atoms with Crippen molar-refractivity contribution in [1.29, 1.82) is 0 Å². The van der Waals surface area contributed by atoms with Gasteiger partial charge in [0, 0.05) is 26.4 Å². The number of nitrogens with one attached hydrogen (secondary N) is 1. The zero-order valence-electron chi connectivity index (χ0n) is 13.1. The number of amides is 1. The Hall–Kier alpha value is -2.30. The Balaban J connectivity index is 1.90. The smallest absolute Gasteiger partial charge is 0.262 e. The first-order chi connectivity index (χ1) is 12.1. The van der Waals surface area contributed by atoms with Crippen molar-refractivity contribution in [3.8, 4) is 0 Å². The Morgan fingerprint density at radius 3 is 2.52 bits per heavy atom. The summed E-state index contributed by atoms with van der Waals surface area (Å²) in [5.41, 5.74) is 3.20. The summed E-state index contributed by atoms with van der Waals surface area (Å²) in [6.07, 6.45) is -0.337. The highest BCUT2D eigenvalue weighted by Gasteiger charge is 2.34. The summed E-state index contributed by atoms with van der Waals surface area (Å²) in [6.45, 7) is 0. The average molecular weight is 414 g/mol. The van der Waals surface area contributed by atoms with Crippen molar-refractivity contribution in [2.75, 3.05) is 10.2 Å². The molecule has 4 rings (SSSR count). The second-order valence-corrected chi connectivity index (χ2v) is 7.06. The number of hydrogen-bond donors (Lipinski definition) is 1. The molecular formula is C20H14BrClN2O. The van der Waals surface area contributed by atoms with E-state index in [-0.39, 0.29) is 12.1 Å². The van der Waals surface area contributed by atoms with Crippen molar-refractivity contribution in [2.24, 2.45) is 0 Å². The van der Waals surface area contributed by atoms with E-state index in [0.717, 1.165) is 21.4 Å². The van der Waals surface area contributed by atoms with Gasteiger partial charge in [0.2, 0.25) is 0 Å². The minimum Gasteiger partial charge on any atom is -0.360 e. The van der Waals surface area contributed by atoms with E-state index in [1.165, 1.54) is 0 Å². The molecule has 25 heavy (non-hydrogen) atoms. The highest BCUT2D eigenvalue weighted by atomic mass is 79.9. The Labute approximate surface area is 159 Å². The number of carbonyl (C=O) groups is 1. The van der Waals surface area contributed by atoms with E-state index < -0.39 is 0 Å². The summed E-state index contributed by atoms with van der Waals surface area (Å²) in [7, 11) is 0. The fourth-order valence-electron chi connectivity index (χ4n) is 3.06. The molecule has 0 bridgehead atoms. The van der Waals surface area contributed by atoms with E-state index in [4.69, 9.17) is 11.6 Å². The Morgan fingerprint density at radius 2 is 1.72 bits per heavy atom. The number of hydrogen-bond acceptors (Lipinski definition) is 2. The third-order valence-electron chi connectivity index (χ3n) is 4.21. The van der Waals surface area contributed by atoms with Gasteiger partial charge in [-0.05, 0) is 36.4 Å². The van der Waals surface area contributed by atoms with E-state index in [2.05, 4.69) is 21.2 Å². The monoisotopic (exact) mass is 412 g/mol. The standard InChI is InChI=1S/C20H14BrClN2O/c21-17-10-3-1-8-15(17)19-23-18-11-4-2-9-16(18)20(25)24(19)14-7-5-6-13(22)12-14/h1-12,19,23H/t19-/m1/s1. The number of nitrogens with zero attached hydrogens (tertiary/aromatic N) is 1. The summed E-state index contributed by atoms with van der Waals surface area (Å²) in [4.78, 5) is 15.0. The lowest BCUT2D eigenvalue weighted by Gasteiger charge is -2.38. The second kappa shape index (κ2) is 6.54. The molecule has 0 aromatic heterocycles. The van der Waals surface area contributed by atoms with E-state index in [1.807, 2.05) is 60.7 Å². The molecule has 5 heteroatoms. The first kappa shape index (κ1) is 16.2. The zero-order valence-corrected chi connectivity index (χ0v) is 15.5. The normalized spacial score (nSPS) is 16.3. The first-order valence-corrected chi connectivity index (χ1v) is 9.01. The van der Waals surface area contributed by atoms with E-state index in [0.29, 0.717) is 10.6 Å². The van der Waals surface area contributed by atoms with Gasteiger partial charge in [0.15, 0.2) is 0 Å². The average Bonchev–Trinajstić information content (AvgIpc) is 2.62. The van der Waals surface area contributed by atoms with Crippen LogP contribution in [0.3, 0.4) is 0 Å². The molecule has 0 saturated heterocycles. The molecule has 0 fully saturated rings. The number of fused-ring (bicyclic) bond motifs is 1. The summed E-state index contributed by atoms with van der Waals surface area (Å²) in [6, 6.07) is 22.8. The van der Waals surface area contributed by atoms with Gasteiger partial charge in [0.05, 0.1) is 5.56 Å². The van der Waals surface area contributed by atoms with Gasteiger partial charge in [-0.25, -0.2) is 0 Å². The molecule has 1 aliphatic rings. The molecule has 0 spiro atoms. The first-order valence-electron chi connectivity index (χ1n) is 7.84. The Kier molecular flexibility index (Phi) is 4.24. The quantitative estimate of drug-likeness (QED) is 0.569. The summed E-state index contributed by atoms with van der Waals surface area (Å²) in [5, 5.41) is 4.08. The van der Waals surface area contributed by atoms with Crippen LogP contribution in [0.4, 0.5) is 11.4 Å². The highest BCUT2D eigenvalue weighted by Crippen LogP contribution is 2.39.